The van der Waals surface area contributed by atoms with Crippen LogP contribution in [0.3, 0.4) is 0 Å². The minimum absolute atomic E-state index is 0.109. The molecule has 0 radical (unpaired) electrons. The lowest BCUT2D eigenvalue weighted by molar-refractivity contribution is 0.0778. The first-order valence-corrected chi connectivity index (χ1v) is 6.28. The van der Waals surface area contributed by atoms with Gasteiger partial charge in [0.15, 0.2) is 0 Å². The number of carbonyl (C=O) groups excluding carboxylic acids is 1. The van der Waals surface area contributed by atoms with Gasteiger partial charge in [0.1, 0.15) is 6.54 Å². The number of para-hydroxylation sites is 1. The zero-order chi connectivity index (χ0) is 13.7. The van der Waals surface area contributed by atoms with Gasteiger partial charge in [-0.2, -0.15) is 5.26 Å². The van der Waals surface area contributed by atoms with Crippen molar-refractivity contribution in [3.8, 4) is 6.07 Å². The highest BCUT2D eigenvalue weighted by Crippen LogP contribution is 2.18. The summed E-state index contributed by atoms with van der Waals surface area (Å²) in [5.41, 5.74) is 1.40. The molecular weight excluding hydrogens is 238 g/mol. The van der Waals surface area contributed by atoms with E-state index in [-0.39, 0.29) is 12.5 Å². The first-order valence-electron chi connectivity index (χ1n) is 6.28. The topological polar surface area (TPSA) is 57.0 Å². The van der Waals surface area contributed by atoms with Crippen molar-refractivity contribution >= 4 is 16.8 Å². The number of aromatic nitrogens is 1. The lowest BCUT2D eigenvalue weighted by atomic mass is 10.1. The molecule has 96 valence electrons. The van der Waals surface area contributed by atoms with Gasteiger partial charge >= 0.3 is 0 Å². The van der Waals surface area contributed by atoms with Crippen LogP contribution in [0.25, 0.3) is 10.9 Å². The van der Waals surface area contributed by atoms with Gasteiger partial charge < -0.3 is 4.90 Å². The molecule has 0 saturated heterocycles. The van der Waals surface area contributed by atoms with Gasteiger partial charge in [-0.1, -0.05) is 25.1 Å². The fourth-order valence-corrected chi connectivity index (χ4v) is 2.06. The summed E-state index contributed by atoms with van der Waals surface area (Å²) in [6, 6.07) is 11.3. The first-order chi connectivity index (χ1) is 9.27. The monoisotopic (exact) mass is 253 g/mol. The van der Waals surface area contributed by atoms with Crippen molar-refractivity contribution in [2.75, 3.05) is 13.1 Å². The van der Waals surface area contributed by atoms with Gasteiger partial charge in [-0.05, 0) is 18.6 Å². The Morgan fingerprint density at radius 1 is 1.37 bits per heavy atom. The molecule has 0 aliphatic carbocycles. The van der Waals surface area contributed by atoms with Crippen molar-refractivity contribution in [1.29, 1.82) is 5.26 Å². The molecule has 19 heavy (non-hydrogen) atoms. The lowest BCUT2D eigenvalue weighted by Gasteiger charge is -2.19. The van der Waals surface area contributed by atoms with Crippen molar-refractivity contribution in [3.63, 3.8) is 0 Å². The van der Waals surface area contributed by atoms with Gasteiger partial charge in [0.2, 0.25) is 0 Å². The zero-order valence-corrected chi connectivity index (χ0v) is 10.8. The SMILES string of the molecule is CCCN(CC#N)C(=O)c1ccnc2ccccc12. The van der Waals surface area contributed by atoms with Gasteiger partial charge in [0, 0.05) is 18.1 Å². The average Bonchev–Trinajstić information content (AvgIpc) is 2.46. The summed E-state index contributed by atoms with van der Waals surface area (Å²) in [4.78, 5) is 18.3. The van der Waals surface area contributed by atoms with E-state index >= 15 is 0 Å². The van der Waals surface area contributed by atoms with Crippen LogP contribution in [0.5, 0.6) is 0 Å². The summed E-state index contributed by atoms with van der Waals surface area (Å²) in [5.74, 6) is -0.109. The number of amides is 1. The zero-order valence-electron chi connectivity index (χ0n) is 10.8. The van der Waals surface area contributed by atoms with Crippen LogP contribution in [0.4, 0.5) is 0 Å². The maximum Gasteiger partial charge on any atom is 0.255 e. The van der Waals surface area contributed by atoms with Crippen molar-refractivity contribution in [3.05, 3.63) is 42.1 Å². The highest BCUT2D eigenvalue weighted by Gasteiger charge is 2.17. The van der Waals surface area contributed by atoms with Crippen molar-refractivity contribution in [2.45, 2.75) is 13.3 Å². The standard InChI is InChI=1S/C15H15N3O/c1-2-10-18(11-8-16)15(19)13-7-9-17-14-6-4-3-5-12(13)14/h3-7,9H,2,10-11H2,1H3. The minimum atomic E-state index is -0.109. The molecule has 1 amide bonds. The van der Waals surface area contributed by atoms with Crippen LogP contribution < -0.4 is 0 Å². The Labute approximate surface area is 112 Å². The Morgan fingerprint density at radius 3 is 2.89 bits per heavy atom. The third kappa shape index (κ3) is 2.71. The Kier molecular flexibility index (Phi) is 4.09. The molecule has 0 atom stereocenters. The van der Waals surface area contributed by atoms with Crippen LogP contribution in [0, 0.1) is 11.3 Å². The van der Waals surface area contributed by atoms with E-state index in [2.05, 4.69) is 4.98 Å². The van der Waals surface area contributed by atoms with Gasteiger partial charge in [0.05, 0.1) is 17.1 Å². The molecule has 0 spiro atoms. The average molecular weight is 253 g/mol. The number of fused-ring (bicyclic) bond motifs is 1. The van der Waals surface area contributed by atoms with Crippen molar-refractivity contribution < 1.29 is 4.79 Å². The number of nitrogens with zero attached hydrogens (tertiary/aromatic N) is 3. The van der Waals surface area contributed by atoms with E-state index in [4.69, 9.17) is 5.26 Å². The third-order valence-electron chi connectivity index (χ3n) is 2.92. The third-order valence-corrected chi connectivity index (χ3v) is 2.92. The highest BCUT2D eigenvalue weighted by atomic mass is 16.2. The fraction of sp³-hybridized carbons (Fsp3) is 0.267. The van der Waals surface area contributed by atoms with Crippen LogP contribution >= 0.6 is 0 Å². The Hall–Kier alpha value is -2.41. The molecular formula is C15H15N3O. The fourth-order valence-electron chi connectivity index (χ4n) is 2.06. The summed E-state index contributed by atoms with van der Waals surface area (Å²) < 4.78 is 0. The van der Waals surface area contributed by atoms with E-state index in [1.165, 1.54) is 0 Å². The van der Waals surface area contributed by atoms with Crippen molar-refractivity contribution in [1.82, 2.24) is 9.88 Å². The molecule has 1 aromatic carbocycles. The lowest BCUT2D eigenvalue weighted by Crippen LogP contribution is -2.32. The molecule has 2 aromatic rings. The molecule has 0 aliphatic rings. The number of carbonyl (C=O) groups is 1. The Morgan fingerprint density at radius 2 is 2.16 bits per heavy atom. The number of benzene rings is 1. The van der Waals surface area contributed by atoms with Crippen LogP contribution in [-0.4, -0.2) is 28.9 Å². The van der Waals surface area contributed by atoms with Gasteiger partial charge in [-0.3, -0.25) is 9.78 Å². The Balaban J connectivity index is 2.43. The quantitative estimate of drug-likeness (QED) is 0.787. The smallest absolute Gasteiger partial charge is 0.255 e. The Bertz CT molecular complexity index is 625. The van der Waals surface area contributed by atoms with Crippen LogP contribution in [0.1, 0.15) is 23.7 Å². The molecule has 0 N–H and O–H groups in total. The molecule has 1 heterocycles. The molecule has 2 rings (SSSR count). The largest absolute Gasteiger partial charge is 0.325 e. The molecule has 0 aliphatic heterocycles. The number of hydrogen-bond acceptors (Lipinski definition) is 3. The van der Waals surface area contributed by atoms with Gasteiger partial charge in [0.25, 0.3) is 5.91 Å². The van der Waals surface area contributed by atoms with Gasteiger partial charge in [-0.25, -0.2) is 0 Å². The molecule has 0 saturated carbocycles. The van der Waals surface area contributed by atoms with Crippen LogP contribution in [0.2, 0.25) is 0 Å². The highest BCUT2D eigenvalue weighted by molar-refractivity contribution is 6.06. The van der Waals surface area contributed by atoms with E-state index in [0.717, 1.165) is 17.3 Å². The normalized spacial score (nSPS) is 10.1. The van der Waals surface area contributed by atoms with E-state index in [0.29, 0.717) is 12.1 Å². The predicted molar refractivity (Wildman–Crippen MR) is 73.6 cm³/mol. The molecule has 1 aromatic heterocycles. The number of hydrogen-bond donors (Lipinski definition) is 0. The molecule has 0 bridgehead atoms. The number of nitriles is 1. The van der Waals surface area contributed by atoms with Crippen LogP contribution in [-0.2, 0) is 0 Å². The molecule has 4 heteroatoms. The van der Waals surface area contributed by atoms with E-state index < -0.39 is 0 Å². The van der Waals surface area contributed by atoms with Crippen LogP contribution in [0.15, 0.2) is 36.5 Å². The minimum Gasteiger partial charge on any atom is -0.325 e. The first kappa shape index (κ1) is 13.0. The maximum atomic E-state index is 12.5. The number of pyridine rings is 1. The molecule has 0 fully saturated rings. The predicted octanol–water partition coefficient (Wildman–Crippen LogP) is 2.61. The second-order valence-corrected chi connectivity index (χ2v) is 4.26. The maximum absolute atomic E-state index is 12.5. The van der Waals surface area contributed by atoms with E-state index in [1.54, 1.807) is 17.2 Å². The van der Waals surface area contributed by atoms with Crippen molar-refractivity contribution in [2.24, 2.45) is 0 Å². The second kappa shape index (κ2) is 5.96. The molecule has 4 nitrogen and oxygen atoms in total. The second-order valence-electron chi connectivity index (χ2n) is 4.26. The number of rotatable bonds is 4. The summed E-state index contributed by atoms with van der Waals surface area (Å²) in [7, 11) is 0. The summed E-state index contributed by atoms with van der Waals surface area (Å²) in [5, 5.41) is 9.64. The summed E-state index contributed by atoms with van der Waals surface area (Å²) in [6.45, 7) is 2.69. The van der Waals surface area contributed by atoms with Gasteiger partial charge in [-0.15, -0.1) is 0 Å². The summed E-state index contributed by atoms with van der Waals surface area (Å²) in [6.07, 6.45) is 2.46. The molecule has 0 unspecified atom stereocenters. The van der Waals surface area contributed by atoms with E-state index in [9.17, 15) is 4.79 Å². The summed E-state index contributed by atoms with van der Waals surface area (Å²) >= 11 is 0. The van der Waals surface area contributed by atoms with E-state index in [1.807, 2.05) is 37.3 Å².